The standard InChI is InChI=1S/C12H14Br2FNO/c1-2-3-9(14)7-16-12(17)10-5-4-8(13)6-11(10)15/h4-6,9H,2-3,7H2,1H3,(H,16,17). The van der Waals surface area contributed by atoms with Crippen molar-refractivity contribution in [2.45, 2.75) is 24.6 Å². The van der Waals surface area contributed by atoms with E-state index in [-0.39, 0.29) is 16.3 Å². The van der Waals surface area contributed by atoms with E-state index in [1.807, 2.05) is 0 Å². The second kappa shape index (κ2) is 7.11. The number of halogens is 3. The first-order valence-corrected chi connectivity index (χ1v) is 7.12. The molecule has 5 heteroatoms. The van der Waals surface area contributed by atoms with E-state index >= 15 is 0 Å². The lowest BCUT2D eigenvalue weighted by Crippen LogP contribution is -2.30. The minimum Gasteiger partial charge on any atom is -0.351 e. The number of hydrogen-bond donors (Lipinski definition) is 1. The lowest BCUT2D eigenvalue weighted by molar-refractivity contribution is 0.0949. The van der Waals surface area contributed by atoms with Crippen LogP contribution < -0.4 is 5.32 Å². The van der Waals surface area contributed by atoms with E-state index in [9.17, 15) is 9.18 Å². The van der Waals surface area contributed by atoms with Crippen LogP contribution in [0.3, 0.4) is 0 Å². The molecule has 1 aromatic carbocycles. The second-order valence-corrected chi connectivity index (χ2v) is 5.93. The smallest absolute Gasteiger partial charge is 0.254 e. The molecule has 0 fully saturated rings. The van der Waals surface area contributed by atoms with Crippen molar-refractivity contribution in [1.82, 2.24) is 5.32 Å². The van der Waals surface area contributed by atoms with Crippen LogP contribution in [0.5, 0.6) is 0 Å². The summed E-state index contributed by atoms with van der Waals surface area (Å²) in [5, 5.41) is 2.70. The zero-order valence-corrected chi connectivity index (χ0v) is 12.6. The van der Waals surface area contributed by atoms with Gasteiger partial charge in [0, 0.05) is 15.8 Å². The molecule has 0 saturated carbocycles. The molecule has 1 unspecified atom stereocenters. The predicted octanol–water partition coefficient (Wildman–Crippen LogP) is 3.88. The summed E-state index contributed by atoms with van der Waals surface area (Å²) in [5.41, 5.74) is 0.0735. The molecule has 0 saturated heterocycles. The molecule has 94 valence electrons. The van der Waals surface area contributed by atoms with Crippen LogP contribution in [0.2, 0.25) is 0 Å². The minimum absolute atomic E-state index is 0.0735. The van der Waals surface area contributed by atoms with Gasteiger partial charge in [-0.2, -0.15) is 0 Å². The molecular weight excluding hydrogens is 353 g/mol. The highest BCUT2D eigenvalue weighted by Gasteiger charge is 2.12. The van der Waals surface area contributed by atoms with Crippen LogP contribution in [0.1, 0.15) is 30.1 Å². The van der Waals surface area contributed by atoms with Crippen LogP contribution in [-0.4, -0.2) is 17.3 Å². The first-order valence-electron chi connectivity index (χ1n) is 5.42. The van der Waals surface area contributed by atoms with Gasteiger partial charge in [0.25, 0.3) is 5.91 Å². The van der Waals surface area contributed by atoms with Gasteiger partial charge in [0.2, 0.25) is 0 Å². The van der Waals surface area contributed by atoms with Gasteiger partial charge < -0.3 is 5.32 Å². The Kier molecular flexibility index (Phi) is 6.12. The van der Waals surface area contributed by atoms with Crippen molar-refractivity contribution < 1.29 is 9.18 Å². The Morgan fingerprint density at radius 2 is 2.24 bits per heavy atom. The Morgan fingerprint density at radius 1 is 1.53 bits per heavy atom. The van der Waals surface area contributed by atoms with Crippen molar-refractivity contribution in [3.63, 3.8) is 0 Å². The maximum Gasteiger partial charge on any atom is 0.254 e. The van der Waals surface area contributed by atoms with Crippen molar-refractivity contribution >= 4 is 37.8 Å². The summed E-state index contributed by atoms with van der Waals surface area (Å²) in [5.74, 6) is -0.894. The quantitative estimate of drug-likeness (QED) is 0.787. The number of amides is 1. The Morgan fingerprint density at radius 3 is 2.82 bits per heavy atom. The molecule has 1 atom stereocenters. The topological polar surface area (TPSA) is 29.1 Å². The van der Waals surface area contributed by atoms with Crippen LogP contribution >= 0.6 is 31.9 Å². The summed E-state index contributed by atoms with van der Waals surface area (Å²) in [7, 11) is 0. The highest BCUT2D eigenvalue weighted by Crippen LogP contribution is 2.15. The third-order valence-electron chi connectivity index (χ3n) is 2.26. The SMILES string of the molecule is CCCC(Br)CNC(=O)c1ccc(Br)cc1F. The number of alkyl halides is 1. The third kappa shape index (κ3) is 4.76. The lowest BCUT2D eigenvalue weighted by atomic mass is 10.2. The van der Waals surface area contributed by atoms with Gasteiger partial charge in [-0.3, -0.25) is 4.79 Å². The fourth-order valence-electron chi connectivity index (χ4n) is 1.39. The van der Waals surface area contributed by atoms with Gasteiger partial charge in [-0.15, -0.1) is 0 Å². The maximum absolute atomic E-state index is 13.5. The number of nitrogens with one attached hydrogen (secondary N) is 1. The molecule has 1 N–H and O–H groups in total. The van der Waals surface area contributed by atoms with Gasteiger partial charge in [-0.1, -0.05) is 45.2 Å². The molecule has 0 spiro atoms. The monoisotopic (exact) mass is 365 g/mol. The number of rotatable bonds is 5. The zero-order valence-electron chi connectivity index (χ0n) is 9.47. The maximum atomic E-state index is 13.5. The normalized spacial score (nSPS) is 12.2. The van der Waals surface area contributed by atoms with Gasteiger partial charge in [-0.05, 0) is 24.6 Å². The summed E-state index contributed by atoms with van der Waals surface area (Å²) < 4.78 is 14.1. The largest absolute Gasteiger partial charge is 0.351 e. The number of carbonyl (C=O) groups excluding carboxylic acids is 1. The molecule has 0 aliphatic carbocycles. The van der Waals surface area contributed by atoms with Crippen molar-refractivity contribution in [2.24, 2.45) is 0 Å². The average Bonchev–Trinajstić information content (AvgIpc) is 2.26. The van der Waals surface area contributed by atoms with E-state index < -0.39 is 5.82 Å². The molecular formula is C12H14Br2FNO. The molecule has 0 bridgehead atoms. The fourth-order valence-corrected chi connectivity index (χ4v) is 2.34. The van der Waals surface area contributed by atoms with Gasteiger partial charge in [0.1, 0.15) is 5.82 Å². The molecule has 1 rings (SSSR count). The third-order valence-corrected chi connectivity index (χ3v) is 3.54. The van der Waals surface area contributed by atoms with Gasteiger partial charge in [-0.25, -0.2) is 4.39 Å². The molecule has 0 aliphatic rings. The minimum atomic E-state index is -0.515. The average molecular weight is 367 g/mol. The van der Waals surface area contributed by atoms with Gasteiger partial charge in [0.05, 0.1) is 5.56 Å². The van der Waals surface area contributed by atoms with E-state index in [2.05, 4.69) is 44.1 Å². The van der Waals surface area contributed by atoms with Crippen LogP contribution in [0, 0.1) is 5.82 Å². The van der Waals surface area contributed by atoms with Gasteiger partial charge in [0.15, 0.2) is 0 Å². The zero-order chi connectivity index (χ0) is 12.8. The summed E-state index contributed by atoms with van der Waals surface area (Å²) in [6.07, 6.45) is 2.02. The molecule has 0 radical (unpaired) electrons. The summed E-state index contributed by atoms with van der Waals surface area (Å²) in [6, 6.07) is 4.40. The van der Waals surface area contributed by atoms with Crippen molar-refractivity contribution in [3.05, 3.63) is 34.1 Å². The van der Waals surface area contributed by atoms with Crippen LogP contribution in [-0.2, 0) is 0 Å². The van der Waals surface area contributed by atoms with E-state index in [1.165, 1.54) is 12.1 Å². The molecule has 1 aromatic rings. The van der Waals surface area contributed by atoms with Gasteiger partial charge >= 0.3 is 0 Å². The van der Waals surface area contributed by atoms with E-state index in [4.69, 9.17) is 0 Å². The van der Waals surface area contributed by atoms with Crippen molar-refractivity contribution in [2.75, 3.05) is 6.54 Å². The summed E-state index contributed by atoms with van der Waals surface area (Å²) in [6.45, 7) is 2.58. The number of carbonyl (C=O) groups is 1. The molecule has 0 heterocycles. The van der Waals surface area contributed by atoms with E-state index in [0.717, 1.165) is 12.8 Å². The predicted molar refractivity (Wildman–Crippen MR) is 74.1 cm³/mol. The Labute approximate surface area is 117 Å². The molecule has 17 heavy (non-hydrogen) atoms. The van der Waals surface area contributed by atoms with Crippen molar-refractivity contribution in [3.8, 4) is 0 Å². The lowest BCUT2D eigenvalue weighted by Gasteiger charge is -2.10. The summed E-state index contributed by atoms with van der Waals surface area (Å²) in [4.78, 5) is 11.9. The van der Waals surface area contributed by atoms with Crippen molar-refractivity contribution in [1.29, 1.82) is 0 Å². The molecule has 1 amide bonds. The summed E-state index contributed by atoms with van der Waals surface area (Å²) >= 11 is 6.60. The highest BCUT2D eigenvalue weighted by atomic mass is 79.9. The number of benzene rings is 1. The number of hydrogen-bond acceptors (Lipinski definition) is 1. The van der Waals surface area contributed by atoms with Crippen LogP contribution in [0.4, 0.5) is 4.39 Å². The molecule has 0 aliphatic heterocycles. The second-order valence-electron chi connectivity index (χ2n) is 3.72. The molecule has 2 nitrogen and oxygen atoms in total. The Hall–Kier alpha value is -0.420. The first kappa shape index (κ1) is 14.6. The fraction of sp³-hybridized carbons (Fsp3) is 0.417. The first-order chi connectivity index (χ1) is 8.04. The Balaban J connectivity index is 2.58. The Bertz CT molecular complexity index is 398. The molecule has 0 aromatic heterocycles. The van der Waals surface area contributed by atoms with E-state index in [1.54, 1.807) is 6.07 Å². The van der Waals surface area contributed by atoms with E-state index in [0.29, 0.717) is 11.0 Å². The highest BCUT2D eigenvalue weighted by molar-refractivity contribution is 9.10. The van der Waals surface area contributed by atoms with Crippen LogP contribution in [0.25, 0.3) is 0 Å². The van der Waals surface area contributed by atoms with Crippen LogP contribution in [0.15, 0.2) is 22.7 Å².